The zero-order valence-electron chi connectivity index (χ0n) is 17.0. The number of hydrogen-bond acceptors (Lipinski definition) is 6. The van der Waals surface area contributed by atoms with Crippen LogP contribution in [0, 0.1) is 0 Å². The Kier molecular flexibility index (Phi) is 7.37. The Labute approximate surface area is 184 Å². The lowest BCUT2D eigenvalue weighted by molar-refractivity contribution is -0.143. The normalized spacial score (nSPS) is 12.3. The summed E-state index contributed by atoms with van der Waals surface area (Å²) in [5.41, 5.74) is 1.70. The summed E-state index contributed by atoms with van der Waals surface area (Å²) in [5.74, 6) is -0.663. The Balaban J connectivity index is 1.94. The van der Waals surface area contributed by atoms with Crippen molar-refractivity contribution in [3.05, 3.63) is 58.9 Å². The van der Waals surface area contributed by atoms with E-state index < -0.39 is 10.0 Å². The van der Waals surface area contributed by atoms with Crippen LogP contribution in [0.2, 0.25) is 0 Å². The number of nitrogens with two attached hydrogens (primary N) is 1. The van der Waals surface area contributed by atoms with Crippen LogP contribution in [0.1, 0.15) is 25.3 Å². The second-order valence-electron chi connectivity index (χ2n) is 6.76. The lowest BCUT2D eigenvalue weighted by atomic mass is 10.1. The van der Waals surface area contributed by atoms with Crippen LogP contribution in [0.25, 0.3) is 10.2 Å². The summed E-state index contributed by atoms with van der Waals surface area (Å²) in [7, 11) is -3.87. The molecule has 3 rings (SSSR count). The molecule has 0 spiro atoms. The summed E-state index contributed by atoms with van der Waals surface area (Å²) in [4.78, 5) is 28.9. The molecule has 31 heavy (non-hydrogen) atoms. The number of fused-ring (bicyclic) bond motifs is 1. The average molecular weight is 462 g/mol. The van der Waals surface area contributed by atoms with E-state index in [2.05, 4.69) is 4.99 Å². The quantitative estimate of drug-likeness (QED) is 0.516. The number of sulfonamides is 1. The molecular weight excluding hydrogens is 438 g/mol. The fourth-order valence-electron chi connectivity index (χ4n) is 3.03. The van der Waals surface area contributed by atoms with E-state index in [4.69, 9.17) is 9.88 Å². The van der Waals surface area contributed by atoms with Gasteiger partial charge in [0, 0.05) is 13.0 Å². The SMILES string of the molecule is CCOC(=O)CCn1c(=NC(=O)CCc2ccccc2)sc2cc(S(N)(=O)=O)ccc21. The van der Waals surface area contributed by atoms with Crippen LogP contribution < -0.4 is 9.94 Å². The molecule has 1 aromatic heterocycles. The first-order chi connectivity index (χ1) is 14.8. The van der Waals surface area contributed by atoms with Crippen LogP contribution in [0.15, 0.2) is 58.4 Å². The number of benzene rings is 2. The molecule has 1 amide bonds. The highest BCUT2D eigenvalue weighted by Crippen LogP contribution is 2.21. The highest BCUT2D eigenvalue weighted by atomic mass is 32.2. The second kappa shape index (κ2) is 9.99. The first kappa shape index (κ1) is 22.9. The van der Waals surface area contributed by atoms with Crippen molar-refractivity contribution in [1.29, 1.82) is 0 Å². The highest BCUT2D eigenvalue weighted by molar-refractivity contribution is 7.89. The van der Waals surface area contributed by atoms with Crippen molar-refractivity contribution < 1.29 is 22.7 Å². The maximum atomic E-state index is 12.5. The lowest BCUT2D eigenvalue weighted by Crippen LogP contribution is -2.19. The van der Waals surface area contributed by atoms with Crippen molar-refractivity contribution in [3.63, 3.8) is 0 Å². The monoisotopic (exact) mass is 461 g/mol. The van der Waals surface area contributed by atoms with Gasteiger partial charge in [0.1, 0.15) is 0 Å². The Hall–Kier alpha value is -2.82. The summed E-state index contributed by atoms with van der Waals surface area (Å²) in [6.07, 6.45) is 0.896. The number of rotatable bonds is 8. The fraction of sp³-hybridized carbons (Fsp3) is 0.286. The van der Waals surface area contributed by atoms with Gasteiger partial charge in [0.25, 0.3) is 0 Å². The number of hydrogen-bond donors (Lipinski definition) is 1. The van der Waals surface area contributed by atoms with E-state index in [0.717, 1.165) is 5.56 Å². The molecule has 1 heterocycles. The van der Waals surface area contributed by atoms with Gasteiger partial charge in [0.2, 0.25) is 15.9 Å². The number of esters is 1. The van der Waals surface area contributed by atoms with Gasteiger partial charge in [0.05, 0.1) is 28.1 Å². The van der Waals surface area contributed by atoms with E-state index in [1.807, 2.05) is 30.3 Å². The Morgan fingerprint density at radius 3 is 2.55 bits per heavy atom. The third-order valence-electron chi connectivity index (χ3n) is 4.52. The third-order valence-corrected chi connectivity index (χ3v) is 6.47. The number of carbonyl (C=O) groups is 2. The van der Waals surface area contributed by atoms with Gasteiger partial charge in [-0.3, -0.25) is 9.59 Å². The number of thiazole rings is 1. The molecule has 10 heteroatoms. The van der Waals surface area contributed by atoms with Crippen molar-refractivity contribution in [2.75, 3.05) is 6.61 Å². The van der Waals surface area contributed by atoms with Gasteiger partial charge in [-0.05, 0) is 37.1 Å². The molecule has 164 valence electrons. The van der Waals surface area contributed by atoms with Gasteiger partial charge >= 0.3 is 5.97 Å². The number of nitrogens with zero attached hydrogens (tertiary/aromatic N) is 2. The molecule has 0 atom stereocenters. The minimum Gasteiger partial charge on any atom is -0.466 e. The molecule has 2 aromatic carbocycles. The molecule has 0 bridgehead atoms. The third kappa shape index (κ3) is 6.09. The number of aryl methyl sites for hydroxylation is 2. The molecule has 0 aliphatic carbocycles. The predicted molar refractivity (Wildman–Crippen MR) is 118 cm³/mol. The van der Waals surface area contributed by atoms with Crippen molar-refractivity contribution in [3.8, 4) is 0 Å². The summed E-state index contributed by atoms with van der Waals surface area (Å²) in [6.45, 7) is 2.26. The highest BCUT2D eigenvalue weighted by Gasteiger charge is 2.14. The molecule has 0 aliphatic heterocycles. The molecule has 0 fully saturated rings. The molecule has 0 unspecified atom stereocenters. The van der Waals surface area contributed by atoms with Crippen molar-refractivity contribution >= 4 is 43.5 Å². The minimum atomic E-state index is -3.87. The number of aromatic nitrogens is 1. The molecular formula is C21H23N3O5S2. The van der Waals surface area contributed by atoms with Gasteiger partial charge in [-0.25, -0.2) is 13.6 Å². The molecule has 2 N–H and O–H groups in total. The van der Waals surface area contributed by atoms with E-state index in [-0.39, 0.29) is 42.8 Å². The van der Waals surface area contributed by atoms with Crippen molar-refractivity contribution in [2.45, 2.75) is 37.6 Å². The van der Waals surface area contributed by atoms with Crippen LogP contribution >= 0.6 is 11.3 Å². The second-order valence-corrected chi connectivity index (χ2v) is 9.33. The number of carbonyl (C=O) groups excluding carboxylic acids is 2. The Bertz CT molecular complexity index is 1260. The van der Waals surface area contributed by atoms with Crippen LogP contribution in [-0.4, -0.2) is 31.5 Å². The number of amides is 1. The fourth-order valence-corrected chi connectivity index (χ4v) is 4.75. The first-order valence-corrected chi connectivity index (χ1v) is 12.1. The van der Waals surface area contributed by atoms with Gasteiger partial charge in [-0.15, -0.1) is 0 Å². The summed E-state index contributed by atoms with van der Waals surface area (Å²) >= 11 is 1.17. The largest absolute Gasteiger partial charge is 0.466 e. The Morgan fingerprint density at radius 2 is 1.87 bits per heavy atom. The van der Waals surface area contributed by atoms with Crippen LogP contribution in [0.4, 0.5) is 0 Å². The average Bonchev–Trinajstić information content (AvgIpc) is 3.07. The maximum Gasteiger partial charge on any atom is 0.307 e. The number of primary sulfonamides is 1. The zero-order chi connectivity index (χ0) is 22.4. The molecule has 8 nitrogen and oxygen atoms in total. The topological polar surface area (TPSA) is 121 Å². The molecule has 0 saturated carbocycles. The predicted octanol–water partition coefficient (Wildman–Crippen LogP) is 2.36. The molecule has 0 radical (unpaired) electrons. The standard InChI is InChI=1S/C21H23N3O5S2/c1-2-29-20(26)12-13-24-17-10-9-16(31(22,27)28)14-18(17)30-21(24)23-19(25)11-8-15-6-4-3-5-7-15/h3-7,9-10,14H,2,8,11-13H2,1H3,(H2,22,27,28). The van der Waals surface area contributed by atoms with Gasteiger partial charge < -0.3 is 9.30 Å². The summed E-state index contributed by atoms with van der Waals surface area (Å²) < 4.78 is 30.7. The van der Waals surface area contributed by atoms with E-state index >= 15 is 0 Å². The zero-order valence-corrected chi connectivity index (χ0v) is 18.6. The van der Waals surface area contributed by atoms with E-state index in [9.17, 15) is 18.0 Å². The Morgan fingerprint density at radius 1 is 1.13 bits per heavy atom. The molecule has 0 aliphatic rings. The van der Waals surface area contributed by atoms with Gasteiger partial charge in [0.15, 0.2) is 4.80 Å². The van der Waals surface area contributed by atoms with Gasteiger partial charge in [-0.1, -0.05) is 41.7 Å². The summed E-state index contributed by atoms with van der Waals surface area (Å²) in [6, 6.07) is 14.1. The lowest BCUT2D eigenvalue weighted by Gasteiger charge is -2.06. The van der Waals surface area contributed by atoms with Crippen LogP contribution in [0.5, 0.6) is 0 Å². The maximum absolute atomic E-state index is 12.5. The molecule has 3 aromatic rings. The minimum absolute atomic E-state index is 0.0271. The van der Waals surface area contributed by atoms with E-state index in [1.165, 1.54) is 23.5 Å². The van der Waals surface area contributed by atoms with Crippen molar-refractivity contribution in [1.82, 2.24) is 4.57 Å². The van der Waals surface area contributed by atoms with E-state index in [0.29, 0.717) is 21.4 Å². The van der Waals surface area contributed by atoms with Crippen LogP contribution in [0.3, 0.4) is 0 Å². The van der Waals surface area contributed by atoms with E-state index in [1.54, 1.807) is 17.6 Å². The van der Waals surface area contributed by atoms with Gasteiger partial charge in [-0.2, -0.15) is 4.99 Å². The summed E-state index contributed by atoms with van der Waals surface area (Å²) in [5, 5.41) is 5.23. The number of ether oxygens (including phenoxy) is 1. The van der Waals surface area contributed by atoms with Crippen LogP contribution in [-0.2, 0) is 37.3 Å². The first-order valence-electron chi connectivity index (χ1n) is 9.71. The smallest absolute Gasteiger partial charge is 0.307 e. The van der Waals surface area contributed by atoms with Crippen molar-refractivity contribution in [2.24, 2.45) is 10.1 Å². The molecule has 0 saturated heterocycles.